The van der Waals surface area contributed by atoms with Crippen molar-refractivity contribution >= 4 is 0 Å². The van der Waals surface area contributed by atoms with Gasteiger partial charge in [-0.05, 0) is 33.2 Å². The van der Waals surface area contributed by atoms with E-state index in [1.807, 2.05) is 4.68 Å². The van der Waals surface area contributed by atoms with Gasteiger partial charge in [0, 0.05) is 13.2 Å². The first-order valence-electron chi connectivity index (χ1n) is 8.21. The number of likely N-dealkylation sites (tertiary alicyclic amines) is 1. The van der Waals surface area contributed by atoms with Crippen LogP contribution in [-0.2, 0) is 17.9 Å². The summed E-state index contributed by atoms with van der Waals surface area (Å²) in [6.45, 7) is 6.51. The first-order valence-corrected chi connectivity index (χ1v) is 8.21. The molecule has 1 N–H and O–H groups in total. The molecule has 126 valence electrons. The maximum Gasteiger partial charge on any atom is 0.167 e. The van der Waals surface area contributed by atoms with Crippen LogP contribution in [0, 0.1) is 0 Å². The Morgan fingerprint density at radius 2 is 2.26 bits per heavy atom. The zero-order valence-electron chi connectivity index (χ0n) is 14.1. The Kier molecular flexibility index (Phi) is 5.02. The number of piperidine rings is 1. The van der Waals surface area contributed by atoms with Gasteiger partial charge in [0.2, 0.25) is 0 Å². The van der Waals surface area contributed by atoms with Gasteiger partial charge in [-0.1, -0.05) is 6.42 Å². The molecule has 2 aromatic heterocycles. The molecule has 1 atom stereocenters. The Morgan fingerprint density at radius 3 is 3.04 bits per heavy atom. The van der Waals surface area contributed by atoms with Crippen molar-refractivity contribution in [3.63, 3.8) is 0 Å². The third-order valence-corrected chi connectivity index (χ3v) is 4.22. The largest absolute Gasteiger partial charge is 0.377 e. The summed E-state index contributed by atoms with van der Waals surface area (Å²) < 4.78 is 7.10. The summed E-state index contributed by atoms with van der Waals surface area (Å²) in [5.41, 5.74) is 0. The van der Waals surface area contributed by atoms with Gasteiger partial charge in [-0.25, -0.2) is 14.6 Å². The van der Waals surface area contributed by atoms with Gasteiger partial charge in [0.1, 0.15) is 18.8 Å². The van der Waals surface area contributed by atoms with E-state index in [1.165, 1.54) is 12.8 Å². The number of nitrogens with zero attached hydrogens (tertiary/aromatic N) is 6. The Bertz CT molecular complexity index is 621. The molecule has 0 radical (unpaired) electrons. The highest BCUT2D eigenvalue weighted by Crippen LogP contribution is 2.30. The number of hydrogen-bond donors (Lipinski definition) is 1. The molecule has 3 heterocycles. The van der Waals surface area contributed by atoms with Gasteiger partial charge < -0.3 is 4.74 Å². The van der Waals surface area contributed by atoms with Gasteiger partial charge in [0.05, 0.1) is 12.6 Å². The maximum absolute atomic E-state index is 5.11. The van der Waals surface area contributed by atoms with Gasteiger partial charge >= 0.3 is 0 Å². The van der Waals surface area contributed by atoms with E-state index in [1.54, 1.807) is 13.4 Å². The van der Waals surface area contributed by atoms with E-state index in [4.69, 9.17) is 4.74 Å². The Morgan fingerprint density at radius 1 is 1.39 bits per heavy atom. The number of H-pyrrole nitrogens is 1. The van der Waals surface area contributed by atoms with Crippen molar-refractivity contribution < 1.29 is 4.74 Å². The minimum absolute atomic E-state index is 0.225. The van der Waals surface area contributed by atoms with E-state index >= 15 is 0 Å². The van der Waals surface area contributed by atoms with E-state index in [-0.39, 0.29) is 6.04 Å². The fourth-order valence-electron chi connectivity index (χ4n) is 3.13. The monoisotopic (exact) mass is 319 g/mol. The van der Waals surface area contributed by atoms with Gasteiger partial charge in [-0.15, -0.1) is 0 Å². The molecule has 0 amide bonds. The minimum Gasteiger partial charge on any atom is -0.377 e. The van der Waals surface area contributed by atoms with E-state index in [0.717, 1.165) is 37.0 Å². The van der Waals surface area contributed by atoms with Crippen LogP contribution in [-0.4, -0.2) is 48.5 Å². The molecule has 0 saturated carbocycles. The van der Waals surface area contributed by atoms with Gasteiger partial charge in [-0.3, -0.25) is 10.00 Å². The van der Waals surface area contributed by atoms with Crippen LogP contribution < -0.4 is 0 Å². The molecule has 0 aliphatic carbocycles. The van der Waals surface area contributed by atoms with Crippen LogP contribution in [0.25, 0.3) is 0 Å². The number of aromatic nitrogens is 6. The second-order valence-electron chi connectivity index (χ2n) is 6.27. The topological polar surface area (TPSA) is 84.8 Å². The van der Waals surface area contributed by atoms with Crippen LogP contribution in [0.15, 0.2) is 6.33 Å². The zero-order valence-corrected chi connectivity index (χ0v) is 14.1. The molecule has 1 aliphatic rings. The van der Waals surface area contributed by atoms with E-state index < -0.39 is 0 Å². The lowest BCUT2D eigenvalue weighted by molar-refractivity contribution is 0.127. The average Bonchev–Trinajstić information content (AvgIpc) is 3.18. The van der Waals surface area contributed by atoms with Crippen molar-refractivity contribution in [2.24, 2.45) is 0 Å². The van der Waals surface area contributed by atoms with Crippen LogP contribution in [0.2, 0.25) is 0 Å². The SMILES string of the molecule is COCc1nc([C@@H]2CCCCN2Cc2ncnn2C(C)C)n[nH]1. The lowest BCUT2D eigenvalue weighted by Gasteiger charge is -2.33. The third-order valence-electron chi connectivity index (χ3n) is 4.22. The Hall–Kier alpha value is -1.80. The van der Waals surface area contributed by atoms with Crippen LogP contribution in [0.4, 0.5) is 0 Å². The molecule has 1 fully saturated rings. The molecule has 2 aromatic rings. The number of nitrogens with one attached hydrogen (secondary N) is 1. The summed E-state index contributed by atoms with van der Waals surface area (Å²) in [6, 6.07) is 0.537. The molecule has 8 nitrogen and oxygen atoms in total. The van der Waals surface area contributed by atoms with Crippen molar-refractivity contribution in [1.29, 1.82) is 0 Å². The molecule has 8 heteroatoms. The van der Waals surface area contributed by atoms with Gasteiger partial charge in [0.15, 0.2) is 11.6 Å². The molecule has 1 aliphatic heterocycles. The predicted molar refractivity (Wildman–Crippen MR) is 84.5 cm³/mol. The minimum atomic E-state index is 0.225. The molecule has 0 bridgehead atoms. The van der Waals surface area contributed by atoms with Crippen LogP contribution >= 0.6 is 0 Å². The highest BCUT2D eigenvalue weighted by molar-refractivity contribution is 5.00. The summed E-state index contributed by atoms with van der Waals surface area (Å²) in [7, 11) is 1.66. The summed E-state index contributed by atoms with van der Waals surface area (Å²) >= 11 is 0. The molecule has 1 saturated heterocycles. The summed E-state index contributed by atoms with van der Waals surface area (Å²) in [4.78, 5) is 11.4. The van der Waals surface area contributed by atoms with Crippen molar-refractivity contribution in [2.75, 3.05) is 13.7 Å². The van der Waals surface area contributed by atoms with Crippen LogP contribution in [0.1, 0.15) is 62.7 Å². The number of aromatic amines is 1. The second kappa shape index (κ2) is 7.18. The molecule has 0 unspecified atom stereocenters. The summed E-state index contributed by atoms with van der Waals surface area (Å²) in [5.74, 6) is 2.63. The number of ether oxygens (including phenoxy) is 1. The van der Waals surface area contributed by atoms with E-state index in [9.17, 15) is 0 Å². The molecular formula is C15H25N7O. The lowest BCUT2D eigenvalue weighted by Crippen LogP contribution is -2.34. The molecular weight excluding hydrogens is 294 g/mol. The summed E-state index contributed by atoms with van der Waals surface area (Å²) in [6.07, 6.45) is 5.10. The second-order valence-corrected chi connectivity index (χ2v) is 6.27. The first-order chi connectivity index (χ1) is 11.2. The smallest absolute Gasteiger partial charge is 0.167 e. The lowest BCUT2D eigenvalue weighted by atomic mass is 10.0. The quantitative estimate of drug-likeness (QED) is 0.874. The highest BCUT2D eigenvalue weighted by atomic mass is 16.5. The number of hydrogen-bond acceptors (Lipinski definition) is 6. The standard InChI is InChI=1S/C15H25N7O/c1-11(2)22-14(16-10-17-22)8-21-7-5-4-6-12(21)15-18-13(9-23-3)19-20-15/h10-12H,4-9H2,1-3H3,(H,18,19,20)/t12-/m0/s1. The van der Waals surface area contributed by atoms with Crippen LogP contribution in [0.5, 0.6) is 0 Å². The van der Waals surface area contributed by atoms with Gasteiger partial charge in [-0.2, -0.15) is 10.2 Å². The van der Waals surface area contributed by atoms with E-state index in [2.05, 4.69) is 44.0 Å². The number of rotatable bonds is 6. The van der Waals surface area contributed by atoms with Crippen molar-refractivity contribution in [3.8, 4) is 0 Å². The zero-order chi connectivity index (χ0) is 16.2. The summed E-state index contributed by atoms with van der Waals surface area (Å²) in [5, 5.41) is 11.7. The third kappa shape index (κ3) is 3.59. The maximum atomic E-state index is 5.11. The first kappa shape index (κ1) is 16.1. The Balaban J connectivity index is 1.76. The van der Waals surface area contributed by atoms with Gasteiger partial charge in [0.25, 0.3) is 0 Å². The normalized spacial score (nSPS) is 19.6. The highest BCUT2D eigenvalue weighted by Gasteiger charge is 2.28. The molecule has 0 aromatic carbocycles. The average molecular weight is 319 g/mol. The molecule has 23 heavy (non-hydrogen) atoms. The fraction of sp³-hybridized carbons (Fsp3) is 0.733. The van der Waals surface area contributed by atoms with Crippen molar-refractivity contribution in [1.82, 2.24) is 34.8 Å². The van der Waals surface area contributed by atoms with Crippen LogP contribution in [0.3, 0.4) is 0 Å². The van der Waals surface area contributed by atoms with E-state index in [0.29, 0.717) is 12.6 Å². The Labute approximate surface area is 136 Å². The molecule has 3 rings (SSSR count). The van der Waals surface area contributed by atoms with Crippen molar-refractivity contribution in [2.45, 2.75) is 58.3 Å². The van der Waals surface area contributed by atoms with Crippen molar-refractivity contribution in [3.05, 3.63) is 23.8 Å². The number of methoxy groups -OCH3 is 1. The fourth-order valence-corrected chi connectivity index (χ4v) is 3.13. The molecule has 0 spiro atoms. The predicted octanol–water partition coefficient (Wildman–Crippen LogP) is 1.85.